The third-order valence-electron chi connectivity index (χ3n) is 2.25. The third kappa shape index (κ3) is 6.31. The zero-order valence-corrected chi connectivity index (χ0v) is 11.8. The molecular weight excluding hydrogens is 282 g/mol. The molecule has 0 heterocycles. The maximum Gasteiger partial charge on any atom is 0.329 e. The molecule has 0 fully saturated rings. The van der Waals surface area contributed by atoms with Crippen LogP contribution in [0.25, 0.3) is 0 Å². The van der Waals surface area contributed by atoms with E-state index < -0.39 is 11.8 Å². The van der Waals surface area contributed by atoms with Crippen LogP contribution in [0.1, 0.15) is 12.0 Å². The van der Waals surface area contributed by atoms with E-state index in [1.165, 1.54) is 6.21 Å². The van der Waals surface area contributed by atoms with Crippen molar-refractivity contribution in [2.45, 2.75) is 6.42 Å². The molecule has 108 valence electrons. The number of benzene rings is 1. The molecule has 1 aromatic carbocycles. The lowest BCUT2D eigenvalue weighted by molar-refractivity contribution is -0.139. The number of rotatable bonds is 6. The zero-order valence-electron chi connectivity index (χ0n) is 11.1. The van der Waals surface area contributed by atoms with Crippen molar-refractivity contribution in [2.75, 3.05) is 20.3 Å². The summed E-state index contributed by atoms with van der Waals surface area (Å²) < 4.78 is 4.82. The van der Waals surface area contributed by atoms with E-state index in [4.69, 9.17) is 16.3 Å². The standard InChI is InChI=1S/C13H16ClN3O3/c1-20-7-3-6-15-12(18)13(19)17-16-9-10-4-2-5-11(14)8-10/h2,4-5,8-9H,3,6-7H2,1H3,(H,15,18)(H,17,19)/b16-9-. The summed E-state index contributed by atoms with van der Waals surface area (Å²) >= 11 is 5.80. The van der Waals surface area contributed by atoms with Gasteiger partial charge in [-0.05, 0) is 24.1 Å². The summed E-state index contributed by atoms with van der Waals surface area (Å²) in [5.74, 6) is -1.55. The molecule has 1 rings (SSSR count). The fourth-order valence-electron chi connectivity index (χ4n) is 1.30. The molecule has 0 aliphatic rings. The fourth-order valence-corrected chi connectivity index (χ4v) is 1.50. The molecule has 0 aliphatic heterocycles. The average Bonchev–Trinajstić information content (AvgIpc) is 2.43. The second-order valence-corrected chi connectivity index (χ2v) is 4.29. The predicted octanol–water partition coefficient (Wildman–Crippen LogP) is 0.943. The maximum atomic E-state index is 11.4. The van der Waals surface area contributed by atoms with Gasteiger partial charge in [0.15, 0.2) is 0 Å². The highest BCUT2D eigenvalue weighted by Gasteiger charge is 2.10. The number of nitrogens with one attached hydrogen (secondary N) is 2. The van der Waals surface area contributed by atoms with E-state index in [0.29, 0.717) is 24.6 Å². The molecular formula is C13H16ClN3O3. The molecule has 20 heavy (non-hydrogen) atoms. The van der Waals surface area contributed by atoms with E-state index in [9.17, 15) is 9.59 Å². The minimum atomic E-state index is -0.819. The lowest BCUT2D eigenvalue weighted by Crippen LogP contribution is -2.38. The lowest BCUT2D eigenvalue weighted by Gasteiger charge is -2.03. The minimum Gasteiger partial charge on any atom is -0.385 e. The van der Waals surface area contributed by atoms with Gasteiger partial charge in [-0.2, -0.15) is 5.10 Å². The Kier molecular flexibility index (Phi) is 7.31. The molecule has 2 amide bonds. The Morgan fingerprint density at radius 3 is 2.90 bits per heavy atom. The Labute approximate surface area is 122 Å². The van der Waals surface area contributed by atoms with Gasteiger partial charge in [-0.3, -0.25) is 9.59 Å². The first-order valence-electron chi connectivity index (χ1n) is 5.99. The van der Waals surface area contributed by atoms with E-state index in [1.807, 2.05) is 0 Å². The number of amides is 2. The summed E-state index contributed by atoms with van der Waals surface area (Å²) in [7, 11) is 1.57. The molecule has 1 aromatic rings. The summed E-state index contributed by atoms with van der Waals surface area (Å²) in [4.78, 5) is 22.7. The first-order valence-corrected chi connectivity index (χ1v) is 6.37. The van der Waals surface area contributed by atoms with Crippen molar-refractivity contribution in [1.82, 2.24) is 10.7 Å². The Hall–Kier alpha value is -1.92. The molecule has 7 heteroatoms. The van der Waals surface area contributed by atoms with Crippen molar-refractivity contribution >= 4 is 29.6 Å². The highest BCUT2D eigenvalue weighted by molar-refractivity contribution is 6.35. The van der Waals surface area contributed by atoms with Crippen LogP contribution in [0.4, 0.5) is 0 Å². The van der Waals surface area contributed by atoms with Crippen LogP contribution in [0.5, 0.6) is 0 Å². The quantitative estimate of drug-likeness (QED) is 0.355. The second-order valence-electron chi connectivity index (χ2n) is 3.86. The van der Waals surface area contributed by atoms with Gasteiger partial charge in [-0.15, -0.1) is 0 Å². The molecule has 0 unspecified atom stereocenters. The van der Waals surface area contributed by atoms with Crippen LogP contribution in [-0.4, -0.2) is 38.3 Å². The molecule has 0 saturated carbocycles. The number of ether oxygens (including phenoxy) is 1. The normalized spacial score (nSPS) is 10.5. The van der Waals surface area contributed by atoms with Gasteiger partial charge >= 0.3 is 11.8 Å². The molecule has 0 spiro atoms. The SMILES string of the molecule is COCCCNC(=O)C(=O)N/N=C\c1cccc(Cl)c1. The average molecular weight is 298 g/mol. The first-order chi connectivity index (χ1) is 9.63. The summed E-state index contributed by atoms with van der Waals surface area (Å²) in [6.07, 6.45) is 2.04. The van der Waals surface area contributed by atoms with Crippen molar-refractivity contribution < 1.29 is 14.3 Å². The van der Waals surface area contributed by atoms with Gasteiger partial charge in [-0.1, -0.05) is 23.7 Å². The zero-order chi connectivity index (χ0) is 14.8. The number of hydrogen-bond donors (Lipinski definition) is 2. The van der Waals surface area contributed by atoms with E-state index in [1.54, 1.807) is 31.4 Å². The summed E-state index contributed by atoms with van der Waals surface area (Å²) in [5.41, 5.74) is 2.86. The summed E-state index contributed by atoms with van der Waals surface area (Å²) in [5, 5.41) is 6.69. The van der Waals surface area contributed by atoms with Gasteiger partial charge in [0.2, 0.25) is 0 Å². The Balaban J connectivity index is 2.33. The van der Waals surface area contributed by atoms with Crippen molar-refractivity contribution in [2.24, 2.45) is 5.10 Å². The van der Waals surface area contributed by atoms with Crippen LogP contribution in [0.3, 0.4) is 0 Å². The van der Waals surface area contributed by atoms with Crippen molar-refractivity contribution in [3.8, 4) is 0 Å². The van der Waals surface area contributed by atoms with Gasteiger partial charge in [0.05, 0.1) is 6.21 Å². The van der Waals surface area contributed by atoms with E-state index in [2.05, 4.69) is 15.8 Å². The van der Waals surface area contributed by atoms with Crippen molar-refractivity contribution in [3.63, 3.8) is 0 Å². The number of hydrogen-bond acceptors (Lipinski definition) is 4. The number of methoxy groups -OCH3 is 1. The van der Waals surface area contributed by atoms with Gasteiger partial charge in [0, 0.05) is 25.3 Å². The van der Waals surface area contributed by atoms with Gasteiger partial charge in [-0.25, -0.2) is 5.43 Å². The van der Waals surface area contributed by atoms with E-state index in [-0.39, 0.29) is 0 Å². The molecule has 0 radical (unpaired) electrons. The summed E-state index contributed by atoms with van der Waals surface area (Å²) in [6, 6.07) is 6.94. The van der Waals surface area contributed by atoms with Gasteiger partial charge < -0.3 is 10.1 Å². The Morgan fingerprint density at radius 2 is 2.20 bits per heavy atom. The maximum absolute atomic E-state index is 11.4. The van der Waals surface area contributed by atoms with Gasteiger partial charge in [0.1, 0.15) is 0 Å². The minimum absolute atomic E-state index is 0.373. The number of carbonyl (C=O) groups excluding carboxylic acids is 2. The molecule has 2 N–H and O–H groups in total. The molecule has 0 saturated heterocycles. The summed E-state index contributed by atoms with van der Waals surface area (Å²) in [6.45, 7) is 0.896. The highest BCUT2D eigenvalue weighted by Crippen LogP contribution is 2.08. The highest BCUT2D eigenvalue weighted by atomic mass is 35.5. The second kappa shape index (κ2) is 9.06. The molecule has 0 aromatic heterocycles. The van der Waals surface area contributed by atoms with Crippen molar-refractivity contribution in [3.05, 3.63) is 34.9 Å². The monoisotopic (exact) mass is 297 g/mol. The first kappa shape index (κ1) is 16.1. The Morgan fingerprint density at radius 1 is 1.40 bits per heavy atom. The molecule has 0 aliphatic carbocycles. The predicted molar refractivity (Wildman–Crippen MR) is 76.7 cm³/mol. The number of hydrazone groups is 1. The smallest absolute Gasteiger partial charge is 0.329 e. The Bertz CT molecular complexity index is 492. The van der Waals surface area contributed by atoms with Crippen LogP contribution < -0.4 is 10.7 Å². The van der Waals surface area contributed by atoms with Crippen LogP contribution in [-0.2, 0) is 14.3 Å². The van der Waals surface area contributed by atoms with Crippen LogP contribution >= 0.6 is 11.6 Å². The van der Waals surface area contributed by atoms with E-state index in [0.717, 1.165) is 5.56 Å². The number of nitrogens with zero attached hydrogens (tertiary/aromatic N) is 1. The van der Waals surface area contributed by atoms with Crippen LogP contribution in [0.2, 0.25) is 5.02 Å². The lowest BCUT2D eigenvalue weighted by atomic mass is 10.2. The molecule has 0 bridgehead atoms. The van der Waals surface area contributed by atoms with Crippen LogP contribution in [0.15, 0.2) is 29.4 Å². The molecule has 0 atom stereocenters. The van der Waals surface area contributed by atoms with Crippen LogP contribution in [0, 0.1) is 0 Å². The number of carbonyl (C=O) groups is 2. The largest absolute Gasteiger partial charge is 0.385 e. The third-order valence-corrected chi connectivity index (χ3v) is 2.48. The topological polar surface area (TPSA) is 79.8 Å². The van der Waals surface area contributed by atoms with Crippen molar-refractivity contribution in [1.29, 1.82) is 0 Å². The van der Waals surface area contributed by atoms with Gasteiger partial charge in [0.25, 0.3) is 0 Å². The van der Waals surface area contributed by atoms with E-state index >= 15 is 0 Å². The number of halogens is 1. The fraction of sp³-hybridized carbons (Fsp3) is 0.308. The molecule has 6 nitrogen and oxygen atoms in total.